The van der Waals surface area contributed by atoms with E-state index in [1.165, 1.54) is 0 Å². The highest BCUT2D eigenvalue weighted by atomic mass is 16.7. The molecule has 0 saturated carbocycles. The quantitative estimate of drug-likeness (QED) is 0.312. The van der Waals surface area contributed by atoms with Crippen molar-refractivity contribution in [2.24, 2.45) is 0 Å². The maximum Gasteiger partial charge on any atom is 0.184 e. The average Bonchev–Trinajstić information content (AvgIpc) is 2.10. The number of aliphatic hydroxyl groups excluding tert-OH is 5. The van der Waals surface area contributed by atoms with E-state index in [1.54, 1.807) is 0 Å². The summed E-state index contributed by atoms with van der Waals surface area (Å²) in [7, 11) is 0. The lowest BCUT2D eigenvalue weighted by Crippen LogP contribution is -2.61. The zero-order valence-corrected chi connectivity index (χ0v) is 6.24. The van der Waals surface area contributed by atoms with E-state index in [4.69, 9.17) is 25.5 Å². The molecule has 12 heavy (non-hydrogen) atoms. The van der Waals surface area contributed by atoms with E-state index in [1.807, 2.05) is 0 Å². The van der Waals surface area contributed by atoms with Gasteiger partial charge >= 0.3 is 0 Å². The molecule has 5 N–H and O–H groups in total. The van der Waals surface area contributed by atoms with E-state index in [0.717, 1.165) is 0 Å². The van der Waals surface area contributed by atoms with Gasteiger partial charge in [-0.25, -0.2) is 0 Å². The molecule has 0 aromatic rings. The Morgan fingerprint density at radius 1 is 1.25 bits per heavy atom. The van der Waals surface area contributed by atoms with Crippen molar-refractivity contribution in [3.63, 3.8) is 0 Å². The molecule has 5 atom stereocenters. The van der Waals surface area contributed by atoms with Crippen molar-refractivity contribution in [3.05, 3.63) is 0 Å². The minimum atomic E-state index is -1.38. The van der Waals surface area contributed by atoms with Gasteiger partial charge in [0.25, 0.3) is 0 Å². The molecule has 1 heterocycles. The van der Waals surface area contributed by atoms with Gasteiger partial charge in [-0.3, -0.25) is 0 Å². The zero-order valence-electron chi connectivity index (χ0n) is 6.24. The summed E-state index contributed by atoms with van der Waals surface area (Å²) in [5.74, 6) is 0. The first-order valence-electron chi connectivity index (χ1n) is 3.56. The van der Waals surface area contributed by atoms with Gasteiger partial charge in [-0.1, -0.05) is 0 Å². The lowest BCUT2D eigenvalue weighted by atomic mass is 9.98. The van der Waals surface area contributed by atoms with E-state index in [2.05, 4.69) is 4.74 Å². The second-order valence-electron chi connectivity index (χ2n) is 2.72. The van der Waals surface area contributed by atoms with Crippen molar-refractivity contribution in [1.29, 1.82) is 0 Å². The fourth-order valence-electron chi connectivity index (χ4n) is 1.00. The third-order valence-electron chi connectivity index (χ3n) is 1.84. The van der Waals surface area contributed by atoms with Crippen LogP contribution in [-0.2, 0) is 4.74 Å². The SMILES string of the molecule is OC[C@@H](O)[C@@H](O)[C@@H]1O[C@@H](O)[C@H]1O. The highest BCUT2D eigenvalue weighted by Crippen LogP contribution is 2.23. The Hall–Kier alpha value is -0.240. The van der Waals surface area contributed by atoms with Crippen LogP contribution < -0.4 is 0 Å². The molecule has 0 unspecified atom stereocenters. The van der Waals surface area contributed by atoms with Crippen molar-refractivity contribution >= 4 is 0 Å². The van der Waals surface area contributed by atoms with Crippen LogP contribution in [0.5, 0.6) is 0 Å². The summed E-state index contributed by atoms with van der Waals surface area (Å²) in [5.41, 5.74) is 0. The van der Waals surface area contributed by atoms with E-state index in [-0.39, 0.29) is 0 Å². The molecular weight excluding hydrogens is 168 g/mol. The van der Waals surface area contributed by atoms with Gasteiger partial charge in [0.2, 0.25) is 0 Å². The second kappa shape index (κ2) is 3.65. The Kier molecular flexibility index (Phi) is 2.99. The minimum Gasteiger partial charge on any atom is -0.394 e. The summed E-state index contributed by atoms with van der Waals surface area (Å²) in [6, 6.07) is 0. The second-order valence-corrected chi connectivity index (χ2v) is 2.72. The summed E-state index contributed by atoms with van der Waals surface area (Å²) in [6.45, 7) is -0.621. The predicted octanol–water partition coefficient (Wildman–Crippen LogP) is -3.22. The van der Waals surface area contributed by atoms with Gasteiger partial charge in [0.15, 0.2) is 6.29 Å². The molecule has 0 aromatic heterocycles. The molecule has 0 bridgehead atoms. The van der Waals surface area contributed by atoms with Crippen LogP contribution in [0.4, 0.5) is 0 Å². The fraction of sp³-hybridized carbons (Fsp3) is 1.00. The fourth-order valence-corrected chi connectivity index (χ4v) is 1.00. The van der Waals surface area contributed by atoms with Gasteiger partial charge < -0.3 is 30.3 Å². The van der Waals surface area contributed by atoms with Crippen molar-refractivity contribution in [2.75, 3.05) is 6.61 Å². The van der Waals surface area contributed by atoms with Crippen LogP contribution in [0.15, 0.2) is 0 Å². The molecule has 1 fully saturated rings. The van der Waals surface area contributed by atoms with Gasteiger partial charge in [-0.05, 0) is 0 Å². The Balaban J connectivity index is 2.39. The standard InChI is InChI=1S/C6H12O6/c7-1-2(8)3(9)5-4(10)6(11)12-5/h2-11H,1H2/t2-,3-,4+,5+,6-/m1/s1. The number of aliphatic hydroxyl groups is 5. The van der Waals surface area contributed by atoms with Crippen molar-refractivity contribution in [2.45, 2.75) is 30.7 Å². The molecule has 1 aliphatic heterocycles. The highest BCUT2D eigenvalue weighted by Gasteiger charge is 2.46. The summed E-state index contributed by atoms with van der Waals surface area (Å²) >= 11 is 0. The molecule has 1 aliphatic rings. The van der Waals surface area contributed by atoms with Gasteiger partial charge in [-0.2, -0.15) is 0 Å². The Morgan fingerprint density at radius 2 is 1.83 bits per heavy atom. The monoisotopic (exact) mass is 180 g/mol. The number of rotatable bonds is 3. The van der Waals surface area contributed by atoms with Crippen molar-refractivity contribution < 1.29 is 30.3 Å². The molecule has 1 saturated heterocycles. The average molecular weight is 180 g/mol. The Morgan fingerprint density at radius 3 is 2.17 bits per heavy atom. The van der Waals surface area contributed by atoms with E-state index in [0.29, 0.717) is 0 Å². The summed E-state index contributed by atoms with van der Waals surface area (Å²) in [5, 5.41) is 44.1. The summed E-state index contributed by atoms with van der Waals surface area (Å²) in [4.78, 5) is 0. The van der Waals surface area contributed by atoms with E-state index in [9.17, 15) is 0 Å². The number of hydrogen-bond donors (Lipinski definition) is 5. The molecule has 0 aliphatic carbocycles. The van der Waals surface area contributed by atoms with Crippen LogP contribution in [0.3, 0.4) is 0 Å². The highest BCUT2D eigenvalue weighted by molar-refractivity contribution is 4.90. The van der Waals surface area contributed by atoms with Gasteiger partial charge in [0, 0.05) is 0 Å². The molecule has 0 radical (unpaired) electrons. The molecule has 6 heteroatoms. The van der Waals surface area contributed by atoms with Crippen molar-refractivity contribution in [1.82, 2.24) is 0 Å². The molecule has 6 nitrogen and oxygen atoms in total. The molecule has 0 aromatic carbocycles. The zero-order chi connectivity index (χ0) is 9.30. The lowest BCUT2D eigenvalue weighted by Gasteiger charge is -2.41. The number of hydrogen-bond acceptors (Lipinski definition) is 6. The Bertz CT molecular complexity index is 147. The maximum atomic E-state index is 9.12. The van der Waals surface area contributed by atoms with E-state index < -0.39 is 37.3 Å². The van der Waals surface area contributed by atoms with Crippen LogP contribution in [0.25, 0.3) is 0 Å². The minimum absolute atomic E-state index is 0.621. The first kappa shape index (κ1) is 9.85. The first-order chi connectivity index (χ1) is 5.57. The largest absolute Gasteiger partial charge is 0.394 e. The van der Waals surface area contributed by atoms with Gasteiger partial charge in [-0.15, -0.1) is 0 Å². The topological polar surface area (TPSA) is 110 Å². The first-order valence-corrected chi connectivity index (χ1v) is 3.56. The van der Waals surface area contributed by atoms with Crippen LogP contribution in [0.2, 0.25) is 0 Å². The molecule has 1 rings (SSSR count). The Labute approximate surface area is 68.6 Å². The van der Waals surface area contributed by atoms with Crippen molar-refractivity contribution in [3.8, 4) is 0 Å². The summed E-state index contributed by atoms with van der Waals surface area (Å²) < 4.78 is 4.52. The van der Waals surface area contributed by atoms with Gasteiger partial charge in [0.05, 0.1) is 6.61 Å². The van der Waals surface area contributed by atoms with E-state index >= 15 is 0 Å². The maximum absolute atomic E-state index is 9.12. The van der Waals surface area contributed by atoms with Crippen LogP contribution >= 0.6 is 0 Å². The van der Waals surface area contributed by atoms with Crippen LogP contribution in [-0.4, -0.2) is 62.8 Å². The van der Waals surface area contributed by atoms with Crippen LogP contribution in [0.1, 0.15) is 0 Å². The predicted molar refractivity (Wildman–Crippen MR) is 36.0 cm³/mol. The number of ether oxygens (including phenoxy) is 1. The third-order valence-corrected chi connectivity index (χ3v) is 1.84. The summed E-state index contributed by atoms with van der Waals surface area (Å²) in [6.07, 6.45) is -6.29. The van der Waals surface area contributed by atoms with Gasteiger partial charge in [0.1, 0.15) is 24.4 Å². The lowest BCUT2D eigenvalue weighted by molar-refractivity contribution is -0.332. The normalized spacial score (nSPS) is 40.2. The molecule has 0 amide bonds. The molecule has 72 valence electrons. The smallest absolute Gasteiger partial charge is 0.184 e. The molecule has 0 spiro atoms. The van der Waals surface area contributed by atoms with Crippen LogP contribution in [0, 0.1) is 0 Å². The third kappa shape index (κ3) is 1.58. The molecular formula is C6H12O6.